The molecular formula is C24H36ClNO3S. The van der Waals surface area contributed by atoms with Crippen molar-refractivity contribution in [2.45, 2.75) is 78.1 Å². The van der Waals surface area contributed by atoms with Crippen LogP contribution in [0.2, 0.25) is 5.02 Å². The average Bonchev–Trinajstić information content (AvgIpc) is 2.68. The number of hydrogen-bond acceptors (Lipinski definition) is 3. The first-order chi connectivity index (χ1) is 14.0. The van der Waals surface area contributed by atoms with Crippen molar-refractivity contribution < 1.29 is 13.8 Å². The number of Topliss-reactive ketones (excluding diaryl/α,β-unsaturated/α-hetero) is 1. The highest BCUT2D eigenvalue weighted by molar-refractivity contribution is 7.85. The summed E-state index contributed by atoms with van der Waals surface area (Å²) in [5.41, 5.74) is 1.04. The topological polar surface area (TPSA) is 54.5 Å². The zero-order valence-electron chi connectivity index (χ0n) is 19.1. The SMILES string of the molecule is CC(C)C(=O)CC1CCC(c2ccc(Cl)cc2)N(C(CS(=O)C(C)C)C(C)C)C1=O. The molecule has 1 aliphatic rings. The first-order valence-corrected chi connectivity index (χ1v) is 12.8. The Morgan fingerprint density at radius 2 is 1.70 bits per heavy atom. The van der Waals surface area contributed by atoms with E-state index < -0.39 is 10.8 Å². The molecule has 168 valence electrons. The largest absolute Gasteiger partial charge is 0.331 e. The Morgan fingerprint density at radius 1 is 1.10 bits per heavy atom. The lowest BCUT2D eigenvalue weighted by atomic mass is 9.82. The first-order valence-electron chi connectivity index (χ1n) is 11.0. The van der Waals surface area contributed by atoms with Gasteiger partial charge in [-0.05, 0) is 36.5 Å². The van der Waals surface area contributed by atoms with Crippen LogP contribution in [-0.4, -0.2) is 37.8 Å². The van der Waals surface area contributed by atoms with Gasteiger partial charge in [-0.3, -0.25) is 13.8 Å². The maximum absolute atomic E-state index is 13.7. The molecule has 2 rings (SSSR count). The van der Waals surface area contributed by atoms with E-state index in [1.807, 2.05) is 56.9 Å². The Labute approximate surface area is 189 Å². The second-order valence-electron chi connectivity index (χ2n) is 9.32. The van der Waals surface area contributed by atoms with Gasteiger partial charge in [0.05, 0.1) is 6.04 Å². The Hall–Kier alpha value is -1.20. The van der Waals surface area contributed by atoms with E-state index in [1.165, 1.54) is 0 Å². The van der Waals surface area contributed by atoms with E-state index in [4.69, 9.17) is 11.6 Å². The average molecular weight is 454 g/mol. The van der Waals surface area contributed by atoms with Gasteiger partial charge in [-0.2, -0.15) is 0 Å². The number of carbonyl (C=O) groups excluding carboxylic acids is 2. The van der Waals surface area contributed by atoms with Gasteiger partial charge in [0.1, 0.15) is 5.78 Å². The van der Waals surface area contributed by atoms with Crippen molar-refractivity contribution in [1.82, 2.24) is 4.90 Å². The molecule has 1 saturated heterocycles. The summed E-state index contributed by atoms with van der Waals surface area (Å²) < 4.78 is 12.7. The number of halogens is 1. The van der Waals surface area contributed by atoms with Crippen LogP contribution in [0, 0.1) is 17.8 Å². The second kappa shape index (κ2) is 10.9. The van der Waals surface area contributed by atoms with E-state index in [1.54, 1.807) is 0 Å². The highest BCUT2D eigenvalue weighted by atomic mass is 35.5. The number of nitrogens with zero attached hydrogens (tertiary/aromatic N) is 1. The predicted molar refractivity (Wildman–Crippen MR) is 125 cm³/mol. The Morgan fingerprint density at radius 3 is 2.20 bits per heavy atom. The maximum Gasteiger partial charge on any atom is 0.226 e. The predicted octanol–water partition coefficient (Wildman–Crippen LogP) is 5.42. The molecule has 1 amide bonds. The van der Waals surface area contributed by atoms with Crippen LogP contribution in [0.4, 0.5) is 0 Å². The first kappa shape index (κ1) is 25.1. The molecule has 1 fully saturated rings. The lowest BCUT2D eigenvalue weighted by Gasteiger charge is -2.46. The molecule has 1 heterocycles. The van der Waals surface area contributed by atoms with E-state index in [2.05, 4.69) is 13.8 Å². The summed E-state index contributed by atoms with van der Waals surface area (Å²) in [7, 11) is -1.03. The molecule has 4 unspecified atom stereocenters. The van der Waals surface area contributed by atoms with Crippen LogP contribution in [0.15, 0.2) is 24.3 Å². The minimum Gasteiger partial charge on any atom is -0.331 e. The fraction of sp³-hybridized carbons (Fsp3) is 0.667. The zero-order valence-corrected chi connectivity index (χ0v) is 20.6. The summed E-state index contributed by atoms with van der Waals surface area (Å²) in [4.78, 5) is 28.0. The molecule has 30 heavy (non-hydrogen) atoms. The van der Waals surface area contributed by atoms with Crippen molar-refractivity contribution in [2.24, 2.45) is 17.8 Å². The van der Waals surface area contributed by atoms with Crippen LogP contribution < -0.4 is 0 Å². The Bertz CT molecular complexity index is 760. The van der Waals surface area contributed by atoms with Gasteiger partial charge in [-0.1, -0.05) is 65.3 Å². The summed E-state index contributed by atoms with van der Waals surface area (Å²) in [6.45, 7) is 11.8. The van der Waals surface area contributed by atoms with Crippen molar-refractivity contribution in [2.75, 3.05) is 5.75 Å². The zero-order chi connectivity index (χ0) is 22.6. The highest BCUT2D eigenvalue weighted by Gasteiger charge is 2.42. The Kier molecular flexibility index (Phi) is 9.11. The number of rotatable bonds is 9. The minimum atomic E-state index is -1.03. The summed E-state index contributed by atoms with van der Waals surface area (Å²) in [6.07, 6.45) is 1.78. The second-order valence-corrected chi connectivity index (χ2v) is 11.8. The summed E-state index contributed by atoms with van der Waals surface area (Å²) in [6, 6.07) is 7.43. The van der Waals surface area contributed by atoms with Gasteiger partial charge in [0, 0.05) is 51.1 Å². The van der Waals surface area contributed by atoms with Gasteiger partial charge in [0.15, 0.2) is 0 Å². The number of amides is 1. The molecule has 0 spiro atoms. The quantitative estimate of drug-likeness (QED) is 0.501. The van der Waals surface area contributed by atoms with Crippen molar-refractivity contribution in [3.05, 3.63) is 34.9 Å². The fourth-order valence-electron chi connectivity index (χ4n) is 4.02. The molecule has 4 atom stereocenters. The van der Waals surface area contributed by atoms with Gasteiger partial charge in [-0.15, -0.1) is 0 Å². The molecular weight excluding hydrogens is 418 g/mol. The molecule has 6 heteroatoms. The van der Waals surface area contributed by atoms with Gasteiger partial charge in [-0.25, -0.2) is 0 Å². The van der Waals surface area contributed by atoms with Crippen LogP contribution in [0.3, 0.4) is 0 Å². The van der Waals surface area contributed by atoms with E-state index in [0.29, 0.717) is 23.6 Å². The number of piperidine rings is 1. The van der Waals surface area contributed by atoms with Crippen LogP contribution in [-0.2, 0) is 20.4 Å². The van der Waals surface area contributed by atoms with E-state index >= 15 is 0 Å². The Balaban J connectivity index is 2.41. The van der Waals surface area contributed by atoms with E-state index in [0.717, 1.165) is 12.0 Å². The summed E-state index contributed by atoms with van der Waals surface area (Å²) in [5, 5.41) is 0.701. The molecule has 4 nitrogen and oxygen atoms in total. The maximum atomic E-state index is 13.7. The van der Waals surface area contributed by atoms with Crippen molar-refractivity contribution in [3.63, 3.8) is 0 Å². The summed E-state index contributed by atoms with van der Waals surface area (Å²) in [5.74, 6) is 0.397. The number of hydrogen-bond donors (Lipinski definition) is 0. The number of benzene rings is 1. The third-order valence-corrected chi connectivity index (χ3v) is 8.04. The molecule has 0 bridgehead atoms. The lowest BCUT2D eigenvalue weighted by Crippen LogP contribution is -2.53. The molecule has 1 aliphatic heterocycles. The molecule has 1 aromatic carbocycles. The highest BCUT2D eigenvalue weighted by Crippen LogP contribution is 2.39. The monoisotopic (exact) mass is 453 g/mol. The number of likely N-dealkylation sites (tertiary alicyclic amines) is 1. The minimum absolute atomic E-state index is 0.0228. The standard InChI is InChI=1S/C24H36ClNO3S/c1-15(2)22(14-30(29)17(5)6)26-21(18-7-10-20(25)11-8-18)12-9-19(24(26)28)13-23(27)16(3)4/h7-8,10-11,15-17,19,21-22H,9,12-14H2,1-6H3. The van der Waals surface area contributed by atoms with E-state index in [-0.39, 0.29) is 46.8 Å². The lowest BCUT2D eigenvalue weighted by molar-refractivity contribution is -0.148. The molecule has 0 saturated carbocycles. The van der Waals surface area contributed by atoms with Crippen molar-refractivity contribution in [3.8, 4) is 0 Å². The number of carbonyl (C=O) groups is 2. The van der Waals surface area contributed by atoms with Gasteiger partial charge < -0.3 is 4.90 Å². The van der Waals surface area contributed by atoms with Crippen LogP contribution >= 0.6 is 11.6 Å². The molecule has 0 radical (unpaired) electrons. The van der Waals surface area contributed by atoms with Crippen LogP contribution in [0.25, 0.3) is 0 Å². The molecule has 1 aromatic rings. The normalized spacial score (nSPS) is 22.1. The smallest absolute Gasteiger partial charge is 0.226 e. The number of ketones is 1. The third kappa shape index (κ3) is 6.16. The van der Waals surface area contributed by atoms with Gasteiger partial charge in [0.2, 0.25) is 5.91 Å². The van der Waals surface area contributed by atoms with Crippen molar-refractivity contribution in [1.29, 1.82) is 0 Å². The fourth-order valence-corrected chi connectivity index (χ4v) is 5.41. The molecule has 0 N–H and O–H groups in total. The molecule has 0 aromatic heterocycles. The van der Waals surface area contributed by atoms with Gasteiger partial charge >= 0.3 is 0 Å². The van der Waals surface area contributed by atoms with Crippen LogP contribution in [0.1, 0.15) is 72.4 Å². The third-order valence-electron chi connectivity index (χ3n) is 6.06. The van der Waals surface area contributed by atoms with E-state index in [9.17, 15) is 13.8 Å². The van der Waals surface area contributed by atoms with Gasteiger partial charge in [0.25, 0.3) is 0 Å². The molecule has 0 aliphatic carbocycles. The van der Waals surface area contributed by atoms with Crippen molar-refractivity contribution >= 4 is 34.1 Å². The summed E-state index contributed by atoms with van der Waals surface area (Å²) >= 11 is 6.08. The van der Waals surface area contributed by atoms with Crippen LogP contribution in [0.5, 0.6) is 0 Å².